The van der Waals surface area contributed by atoms with Crippen LogP contribution in [0.5, 0.6) is 5.75 Å². The van der Waals surface area contributed by atoms with Crippen LogP contribution in [0.4, 0.5) is 14.5 Å². The van der Waals surface area contributed by atoms with E-state index in [1.807, 2.05) is 5.32 Å². The molecule has 3 aromatic rings. The first-order valence-corrected chi connectivity index (χ1v) is 9.41. The molecule has 0 aromatic carbocycles. The number of carbonyl (C=O) groups excluding carboxylic acids is 1. The SMILES string of the molecule is CCc1c(-c2ccc(O)cn2)noc1CC(F)(F)C(=O)Nc1cn(CC)cc1C(=O)O. The Morgan fingerprint density at radius 2 is 2.00 bits per heavy atom. The van der Waals surface area contributed by atoms with Gasteiger partial charge >= 0.3 is 11.9 Å². The van der Waals surface area contributed by atoms with Crippen LogP contribution in [0.2, 0.25) is 0 Å². The fourth-order valence-corrected chi connectivity index (χ4v) is 3.03. The Labute approximate surface area is 175 Å². The summed E-state index contributed by atoms with van der Waals surface area (Å²) in [6.07, 6.45) is 2.94. The molecule has 0 atom stereocenters. The number of nitrogens with zero attached hydrogens (tertiary/aromatic N) is 3. The van der Waals surface area contributed by atoms with Crippen molar-refractivity contribution >= 4 is 17.6 Å². The maximum atomic E-state index is 14.7. The van der Waals surface area contributed by atoms with Gasteiger partial charge in [0.25, 0.3) is 5.91 Å². The van der Waals surface area contributed by atoms with Crippen LogP contribution in [-0.2, 0) is 24.2 Å². The predicted octanol–water partition coefficient (Wildman–Crippen LogP) is 3.34. The van der Waals surface area contributed by atoms with Gasteiger partial charge in [-0.15, -0.1) is 0 Å². The van der Waals surface area contributed by atoms with Gasteiger partial charge < -0.3 is 24.6 Å². The zero-order valence-electron chi connectivity index (χ0n) is 16.7. The minimum Gasteiger partial charge on any atom is -0.506 e. The van der Waals surface area contributed by atoms with Crippen molar-refractivity contribution in [2.24, 2.45) is 0 Å². The number of alkyl halides is 2. The summed E-state index contributed by atoms with van der Waals surface area (Å²) in [5.41, 5.74) is 0.405. The lowest BCUT2D eigenvalue weighted by atomic mass is 10.0. The molecule has 3 heterocycles. The van der Waals surface area contributed by atoms with E-state index in [0.29, 0.717) is 17.8 Å². The van der Waals surface area contributed by atoms with E-state index >= 15 is 0 Å². The number of hydrogen-bond donors (Lipinski definition) is 3. The quantitative estimate of drug-likeness (QED) is 0.496. The molecule has 3 N–H and O–H groups in total. The zero-order valence-corrected chi connectivity index (χ0v) is 16.7. The molecule has 0 fully saturated rings. The van der Waals surface area contributed by atoms with E-state index in [1.54, 1.807) is 13.8 Å². The third-order valence-electron chi connectivity index (χ3n) is 4.65. The van der Waals surface area contributed by atoms with Crippen LogP contribution in [0.25, 0.3) is 11.4 Å². The number of aryl methyl sites for hydroxylation is 1. The average molecular weight is 434 g/mol. The maximum absolute atomic E-state index is 14.7. The molecule has 164 valence electrons. The molecule has 3 rings (SSSR count). The standard InChI is InChI=1S/C20H20F2N4O5/c1-3-12-16(31-25-17(12)14-6-5-11(27)8-23-14)7-20(21,22)19(30)24-15-10-26(4-2)9-13(15)18(28)29/h5-6,8-10,27H,3-4,7H2,1-2H3,(H,24,30)(H,28,29). The van der Waals surface area contributed by atoms with Crippen LogP contribution >= 0.6 is 0 Å². The predicted molar refractivity (Wildman–Crippen MR) is 105 cm³/mol. The molecule has 0 saturated heterocycles. The highest BCUT2D eigenvalue weighted by molar-refractivity contribution is 6.02. The number of carbonyl (C=O) groups is 2. The summed E-state index contributed by atoms with van der Waals surface area (Å²) in [5, 5.41) is 24.4. The third kappa shape index (κ3) is 4.55. The third-order valence-corrected chi connectivity index (χ3v) is 4.65. The van der Waals surface area contributed by atoms with Gasteiger partial charge in [0.15, 0.2) is 0 Å². The van der Waals surface area contributed by atoms with E-state index in [-0.39, 0.29) is 34.9 Å². The minimum atomic E-state index is -3.90. The van der Waals surface area contributed by atoms with Gasteiger partial charge in [0, 0.05) is 24.5 Å². The number of rotatable bonds is 8. The number of hydrogen-bond acceptors (Lipinski definition) is 6. The minimum absolute atomic E-state index is 0.0636. The molecular formula is C20H20F2N4O5. The summed E-state index contributed by atoms with van der Waals surface area (Å²) in [6.45, 7) is 3.85. The average Bonchev–Trinajstić information content (AvgIpc) is 3.32. The summed E-state index contributed by atoms with van der Waals surface area (Å²) >= 11 is 0. The number of aromatic hydroxyl groups is 1. The second kappa shape index (κ2) is 8.54. The molecule has 0 radical (unpaired) electrons. The van der Waals surface area contributed by atoms with Crippen molar-refractivity contribution in [3.8, 4) is 17.1 Å². The summed E-state index contributed by atoms with van der Waals surface area (Å²) in [5.74, 6) is -7.15. The van der Waals surface area contributed by atoms with Crippen molar-refractivity contribution in [1.82, 2.24) is 14.7 Å². The lowest BCUT2D eigenvalue weighted by Crippen LogP contribution is -2.37. The summed E-state index contributed by atoms with van der Waals surface area (Å²) in [7, 11) is 0. The molecule has 9 nitrogen and oxygen atoms in total. The molecule has 1 amide bonds. The van der Waals surface area contributed by atoms with Gasteiger partial charge in [0.1, 0.15) is 22.8 Å². The van der Waals surface area contributed by atoms with E-state index in [0.717, 1.165) is 0 Å². The molecule has 0 spiro atoms. The number of pyridine rings is 1. The number of carboxylic acids is 1. The van der Waals surface area contributed by atoms with Gasteiger partial charge in [-0.3, -0.25) is 9.78 Å². The molecule has 0 aliphatic rings. The highest BCUT2D eigenvalue weighted by atomic mass is 19.3. The van der Waals surface area contributed by atoms with Gasteiger partial charge in [-0.25, -0.2) is 4.79 Å². The molecule has 0 aliphatic heterocycles. The van der Waals surface area contributed by atoms with Crippen LogP contribution in [0.1, 0.15) is 35.5 Å². The van der Waals surface area contributed by atoms with Gasteiger partial charge in [0.05, 0.1) is 24.0 Å². The van der Waals surface area contributed by atoms with Crippen LogP contribution in [0.15, 0.2) is 35.2 Å². The van der Waals surface area contributed by atoms with Crippen molar-refractivity contribution in [1.29, 1.82) is 0 Å². The number of amides is 1. The van der Waals surface area contributed by atoms with Crippen molar-refractivity contribution < 1.29 is 33.1 Å². The first-order chi connectivity index (χ1) is 14.7. The Morgan fingerprint density at radius 3 is 2.58 bits per heavy atom. The summed E-state index contributed by atoms with van der Waals surface area (Å²) in [6, 6.07) is 2.84. The van der Waals surface area contributed by atoms with Gasteiger partial charge in [-0.2, -0.15) is 8.78 Å². The number of aromatic carboxylic acids is 1. The highest BCUT2D eigenvalue weighted by Gasteiger charge is 2.42. The van der Waals surface area contributed by atoms with Crippen LogP contribution in [-0.4, -0.2) is 42.7 Å². The van der Waals surface area contributed by atoms with Crippen molar-refractivity contribution in [3.63, 3.8) is 0 Å². The van der Waals surface area contributed by atoms with Crippen LogP contribution in [0, 0.1) is 0 Å². The van der Waals surface area contributed by atoms with Gasteiger partial charge in [-0.05, 0) is 25.5 Å². The van der Waals surface area contributed by atoms with E-state index in [2.05, 4.69) is 10.1 Å². The van der Waals surface area contributed by atoms with Crippen LogP contribution < -0.4 is 5.32 Å². The largest absolute Gasteiger partial charge is 0.506 e. The number of halogens is 2. The monoisotopic (exact) mass is 434 g/mol. The molecule has 31 heavy (non-hydrogen) atoms. The normalized spacial score (nSPS) is 11.5. The van der Waals surface area contributed by atoms with Gasteiger partial charge in [-0.1, -0.05) is 12.1 Å². The Kier molecular flexibility index (Phi) is 6.04. The van der Waals surface area contributed by atoms with Crippen molar-refractivity contribution in [2.75, 3.05) is 5.32 Å². The van der Waals surface area contributed by atoms with E-state index in [4.69, 9.17) is 4.52 Å². The zero-order chi connectivity index (χ0) is 22.8. The lowest BCUT2D eigenvalue weighted by molar-refractivity contribution is -0.139. The van der Waals surface area contributed by atoms with Gasteiger partial charge in [0.2, 0.25) is 0 Å². The molecule has 3 aromatic heterocycles. The second-order valence-electron chi connectivity index (χ2n) is 6.74. The molecule has 0 aliphatic carbocycles. The maximum Gasteiger partial charge on any atom is 0.339 e. The topological polar surface area (TPSA) is 130 Å². The second-order valence-corrected chi connectivity index (χ2v) is 6.74. The fraction of sp³-hybridized carbons (Fsp3) is 0.300. The molecular weight excluding hydrogens is 414 g/mol. The first kappa shape index (κ1) is 21.9. The van der Waals surface area contributed by atoms with Crippen molar-refractivity contribution in [3.05, 3.63) is 47.6 Å². The lowest BCUT2D eigenvalue weighted by Gasteiger charge is -2.15. The van der Waals surface area contributed by atoms with Crippen molar-refractivity contribution in [2.45, 2.75) is 39.2 Å². The number of anilines is 1. The van der Waals surface area contributed by atoms with Crippen LogP contribution in [0.3, 0.4) is 0 Å². The Balaban J connectivity index is 1.83. The molecule has 0 saturated carbocycles. The Bertz CT molecular complexity index is 1110. The van der Waals surface area contributed by atoms with E-state index < -0.39 is 24.2 Å². The smallest absolute Gasteiger partial charge is 0.339 e. The van der Waals surface area contributed by atoms with E-state index in [1.165, 1.54) is 35.3 Å². The summed E-state index contributed by atoms with van der Waals surface area (Å²) in [4.78, 5) is 27.6. The molecule has 11 heteroatoms. The number of aromatic nitrogens is 3. The first-order valence-electron chi connectivity index (χ1n) is 9.41. The Morgan fingerprint density at radius 1 is 1.26 bits per heavy atom. The summed E-state index contributed by atoms with van der Waals surface area (Å²) < 4.78 is 35.9. The fourth-order valence-electron chi connectivity index (χ4n) is 3.03. The molecule has 0 bridgehead atoms. The number of nitrogens with one attached hydrogen (secondary N) is 1. The highest BCUT2D eigenvalue weighted by Crippen LogP contribution is 2.31. The molecule has 0 unspecified atom stereocenters. The Hall–Kier alpha value is -3.76. The number of carboxylic acid groups (broad SMARTS) is 1. The van der Waals surface area contributed by atoms with E-state index in [9.17, 15) is 28.6 Å².